The molecule has 2 atom stereocenters. The normalized spacial score (nSPS) is 40.6. The Kier molecular flexibility index (Phi) is 2.49. The predicted octanol–water partition coefficient (Wildman–Crippen LogP) is 0.422. The summed E-state index contributed by atoms with van der Waals surface area (Å²) in [5, 5.41) is 7.30. The van der Waals surface area contributed by atoms with Crippen LogP contribution in [0.1, 0.15) is 25.7 Å². The number of likely N-dealkylation sites (N-methyl/N-ethyl adjacent to an activating group) is 1. The van der Waals surface area contributed by atoms with Crippen molar-refractivity contribution in [3.05, 3.63) is 0 Å². The largest absolute Gasteiger partial charge is 0.317 e. The van der Waals surface area contributed by atoms with Gasteiger partial charge in [-0.15, -0.1) is 0 Å². The molecule has 0 bridgehead atoms. The zero-order valence-electron chi connectivity index (χ0n) is 9.76. The van der Waals surface area contributed by atoms with Crippen molar-refractivity contribution in [3.8, 4) is 0 Å². The van der Waals surface area contributed by atoms with Crippen molar-refractivity contribution in [3.63, 3.8) is 0 Å². The molecule has 3 aliphatic heterocycles. The molecule has 3 aliphatic rings. The highest BCUT2D eigenvalue weighted by Gasteiger charge is 2.51. The van der Waals surface area contributed by atoms with Gasteiger partial charge in [-0.05, 0) is 52.4 Å². The van der Waals surface area contributed by atoms with Crippen molar-refractivity contribution in [1.29, 1.82) is 0 Å². The Bertz CT molecular complexity index is 235. The number of hydrogen-bond donors (Lipinski definition) is 2. The van der Waals surface area contributed by atoms with E-state index in [1.807, 2.05) is 0 Å². The molecule has 3 rings (SSSR count). The zero-order chi connectivity index (χ0) is 10.3. The first kappa shape index (κ1) is 10.1. The van der Waals surface area contributed by atoms with E-state index < -0.39 is 0 Å². The second-order valence-corrected chi connectivity index (χ2v) is 5.67. The minimum absolute atomic E-state index is 0.588. The van der Waals surface area contributed by atoms with E-state index in [4.69, 9.17) is 0 Å². The van der Waals surface area contributed by atoms with Crippen LogP contribution in [-0.4, -0.2) is 50.2 Å². The molecular weight excluding hydrogens is 186 g/mol. The van der Waals surface area contributed by atoms with Crippen LogP contribution in [0.2, 0.25) is 0 Å². The maximum Gasteiger partial charge on any atom is 0.0292 e. The average molecular weight is 209 g/mol. The Hall–Kier alpha value is -0.120. The summed E-state index contributed by atoms with van der Waals surface area (Å²) in [5.41, 5.74) is 0.588. The highest BCUT2D eigenvalue weighted by atomic mass is 15.2. The summed E-state index contributed by atoms with van der Waals surface area (Å²) in [7, 11) is 2.32. The molecular formula is C12H23N3. The highest BCUT2D eigenvalue weighted by molar-refractivity contribution is 5.08. The van der Waals surface area contributed by atoms with Gasteiger partial charge in [-0.3, -0.25) is 0 Å². The third-order valence-electron chi connectivity index (χ3n) is 4.82. The van der Waals surface area contributed by atoms with E-state index in [0.29, 0.717) is 5.41 Å². The molecule has 0 aromatic rings. The van der Waals surface area contributed by atoms with Crippen LogP contribution in [0.5, 0.6) is 0 Å². The van der Waals surface area contributed by atoms with Crippen molar-refractivity contribution in [2.75, 3.05) is 33.2 Å². The van der Waals surface area contributed by atoms with Crippen molar-refractivity contribution in [1.82, 2.24) is 15.5 Å². The van der Waals surface area contributed by atoms with Crippen molar-refractivity contribution in [2.45, 2.75) is 37.8 Å². The summed E-state index contributed by atoms with van der Waals surface area (Å²) >= 11 is 0. The Morgan fingerprint density at radius 3 is 2.80 bits per heavy atom. The van der Waals surface area contributed by atoms with Crippen LogP contribution < -0.4 is 10.6 Å². The van der Waals surface area contributed by atoms with E-state index in [-0.39, 0.29) is 0 Å². The van der Waals surface area contributed by atoms with Gasteiger partial charge in [0.05, 0.1) is 0 Å². The van der Waals surface area contributed by atoms with Gasteiger partial charge in [0, 0.05) is 24.0 Å². The average Bonchev–Trinajstić information content (AvgIpc) is 2.55. The standard InChI is InChI=1S/C12H23N3/c1-15-9-12(4-7-13-8-5-12)11-10(15)3-2-6-14-11/h10-11,13-14H,2-9H2,1H3. The van der Waals surface area contributed by atoms with Crippen LogP contribution >= 0.6 is 0 Å². The molecule has 3 heterocycles. The summed E-state index contributed by atoms with van der Waals surface area (Å²) in [6, 6.07) is 1.59. The third-order valence-corrected chi connectivity index (χ3v) is 4.82. The predicted molar refractivity (Wildman–Crippen MR) is 62.0 cm³/mol. The summed E-state index contributed by atoms with van der Waals surface area (Å²) in [4.78, 5) is 2.61. The van der Waals surface area contributed by atoms with Crippen LogP contribution in [0.4, 0.5) is 0 Å². The van der Waals surface area contributed by atoms with Gasteiger partial charge in [0.25, 0.3) is 0 Å². The van der Waals surface area contributed by atoms with Gasteiger partial charge in [0.1, 0.15) is 0 Å². The summed E-state index contributed by atoms with van der Waals surface area (Å²) < 4.78 is 0. The Morgan fingerprint density at radius 2 is 2.00 bits per heavy atom. The van der Waals surface area contributed by atoms with Crippen LogP contribution in [-0.2, 0) is 0 Å². The lowest BCUT2D eigenvalue weighted by atomic mass is 9.72. The number of piperidine rings is 2. The maximum absolute atomic E-state index is 3.80. The minimum Gasteiger partial charge on any atom is -0.317 e. The first-order chi connectivity index (χ1) is 7.32. The second-order valence-electron chi connectivity index (χ2n) is 5.67. The van der Waals surface area contributed by atoms with Gasteiger partial charge in [-0.2, -0.15) is 0 Å². The van der Waals surface area contributed by atoms with E-state index in [0.717, 1.165) is 12.1 Å². The first-order valence-corrected chi connectivity index (χ1v) is 6.46. The van der Waals surface area contributed by atoms with Crippen molar-refractivity contribution < 1.29 is 0 Å². The fraction of sp³-hybridized carbons (Fsp3) is 1.00. The topological polar surface area (TPSA) is 27.3 Å². The number of likely N-dealkylation sites (tertiary alicyclic amines) is 1. The SMILES string of the molecule is CN1CC2(CCNCC2)C2NCCCC21. The molecule has 2 unspecified atom stereocenters. The van der Waals surface area contributed by atoms with Gasteiger partial charge in [0.2, 0.25) is 0 Å². The van der Waals surface area contributed by atoms with Gasteiger partial charge in [0.15, 0.2) is 0 Å². The fourth-order valence-electron chi connectivity index (χ4n) is 4.08. The number of nitrogens with one attached hydrogen (secondary N) is 2. The van der Waals surface area contributed by atoms with E-state index in [1.54, 1.807) is 0 Å². The van der Waals surface area contributed by atoms with E-state index in [9.17, 15) is 0 Å². The molecule has 0 saturated carbocycles. The quantitative estimate of drug-likeness (QED) is 0.605. The molecule has 15 heavy (non-hydrogen) atoms. The monoisotopic (exact) mass is 209 g/mol. The third kappa shape index (κ3) is 1.52. The van der Waals surface area contributed by atoms with Crippen molar-refractivity contribution >= 4 is 0 Å². The van der Waals surface area contributed by atoms with Gasteiger partial charge in [-0.1, -0.05) is 0 Å². The lowest BCUT2D eigenvalue weighted by Crippen LogP contribution is -2.54. The van der Waals surface area contributed by atoms with Crippen LogP contribution in [0, 0.1) is 5.41 Å². The zero-order valence-corrected chi connectivity index (χ0v) is 9.76. The number of rotatable bonds is 0. The maximum atomic E-state index is 3.80. The summed E-state index contributed by atoms with van der Waals surface area (Å²) in [5.74, 6) is 0. The number of hydrogen-bond acceptors (Lipinski definition) is 3. The fourth-order valence-corrected chi connectivity index (χ4v) is 4.08. The molecule has 0 aliphatic carbocycles. The van der Waals surface area contributed by atoms with Crippen LogP contribution in [0.25, 0.3) is 0 Å². The van der Waals surface area contributed by atoms with Gasteiger partial charge in [-0.25, -0.2) is 0 Å². The van der Waals surface area contributed by atoms with E-state index >= 15 is 0 Å². The molecule has 3 fully saturated rings. The first-order valence-electron chi connectivity index (χ1n) is 6.46. The Labute approximate surface area is 92.6 Å². The molecule has 0 aromatic heterocycles. The smallest absolute Gasteiger partial charge is 0.0292 e. The molecule has 3 saturated heterocycles. The lowest BCUT2D eigenvalue weighted by Gasteiger charge is -2.42. The summed E-state index contributed by atoms with van der Waals surface area (Å²) in [6.07, 6.45) is 5.50. The molecule has 3 nitrogen and oxygen atoms in total. The highest BCUT2D eigenvalue weighted by Crippen LogP contribution is 2.43. The van der Waals surface area contributed by atoms with Crippen LogP contribution in [0.3, 0.4) is 0 Å². The molecule has 0 radical (unpaired) electrons. The summed E-state index contributed by atoms with van der Waals surface area (Å²) in [6.45, 7) is 5.00. The van der Waals surface area contributed by atoms with E-state index in [1.165, 1.54) is 51.9 Å². The molecule has 3 heteroatoms. The number of nitrogens with zero attached hydrogens (tertiary/aromatic N) is 1. The van der Waals surface area contributed by atoms with Gasteiger partial charge >= 0.3 is 0 Å². The minimum atomic E-state index is 0.588. The number of fused-ring (bicyclic) bond motifs is 2. The Morgan fingerprint density at radius 1 is 1.20 bits per heavy atom. The molecule has 1 spiro atoms. The Balaban J connectivity index is 1.83. The lowest BCUT2D eigenvalue weighted by molar-refractivity contribution is 0.156. The molecule has 86 valence electrons. The van der Waals surface area contributed by atoms with Crippen molar-refractivity contribution in [2.24, 2.45) is 5.41 Å². The molecule has 2 N–H and O–H groups in total. The second kappa shape index (κ2) is 3.72. The van der Waals surface area contributed by atoms with E-state index in [2.05, 4.69) is 22.6 Å². The molecule has 0 aromatic carbocycles. The molecule has 0 amide bonds. The van der Waals surface area contributed by atoms with Crippen LogP contribution in [0.15, 0.2) is 0 Å². The van der Waals surface area contributed by atoms with Gasteiger partial charge < -0.3 is 15.5 Å².